The SMILES string of the molecule is CCc1cc(C(=O)Nc2cccc(F)c2C#N)cc(N)n1. The van der Waals surface area contributed by atoms with Crippen LogP contribution in [-0.2, 0) is 6.42 Å². The van der Waals surface area contributed by atoms with Gasteiger partial charge in [-0.25, -0.2) is 9.37 Å². The number of aromatic nitrogens is 1. The van der Waals surface area contributed by atoms with E-state index < -0.39 is 11.7 Å². The number of carbonyl (C=O) groups is 1. The topological polar surface area (TPSA) is 91.8 Å². The van der Waals surface area contributed by atoms with E-state index in [1.54, 1.807) is 12.1 Å². The number of hydrogen-bond donors (Lipinski definition) is 2. The number of nitrogens with one attached hydrogen (secondary N) is 1. The molecule has 1 heterocycles. The number of halogens is 1. The van der Waals surface area contributed by atoms with Crippen molar-refractivity contribution < 1.29 is 9.18 Å². The van der Waals surface area contributed by atoms with Crippen LogP contribution in [0.3, 0.4) is 0 Å². The van der Waals surface area contributed by atoms with E-state index in [2.05, 4.69) is 10.3 Å². The van der Waals surface area contributed by atoms with Crippen LogP contribution in [0.4, 0.5) is 15.9 Å². The summed E-state index contributed by atoms with van der Waals surface area (Å²) in [4.78, 5) is 16.3. The maximum absolute atomic E-state index is 13.5. The molecule has 2 rings (SSSR count). The molecule has 0 aliphatic heterocycles. The average molecular weight is 284 g/mol. The summed E-state index contributed by atoms with van der Waals surface area (Å²) in [7, 11) is 0. The second-order valence-corrected chi connectivity index (χ2v) is 4.35. The lowest BCUT2D eigenvalue weighted by atomic mass is 10.1. The Balaban J connectivity index is 2.33. The van der Waals surface area contributed by atoms with Crippen molar-refractivity contribution in [3.63, 3.8) is 0 Å². The van der Waals surface area contributed by atoms with Gasteiger partial charge < -0.3 is 11.1 Å². The lowest BCUT2D eigenvalue weighted by Gasteiger charge is -2.09. The molecule has 2 aromatic rings. The van der Waals surface area contributed by atoms with Gasteiger partial charge in [0.25, 0.3) is 5.91 Å². The summed E-state index contributed by atoms with van der Waals surface area (Å²) in [6.45, 7) is 1.89. The van der Waals surface area contributed by atoms with Gasteiger partial charge in [-0.05, 0) is 30.7 Å². The highest BCUT2D eigenvalue weighted by atomic mass is 19.1. The van der Waals surface area contributed by atoms with Crippen molar-refractivity contribution >= 4 is 17.4 Å². The van der Waals surface area contributed by atoms with Crippen LogP contribution < -0.4 is 11.1 Å². The maximum Gasteiger partial charge on any atom is 0.255 e. The third kappa shape index (κ3) is 3.15. The van der Waals surface area contributed by atoms with Crippen molar-refractivity contribution in [3.05, 3.63) is 53.0 Å². The normalized spacial score (nSPS) is 9.95. The summed E-state index contributed by atoms with van der Waals surface area (Å²) in [6, 6.07) is 8.81. The minimum Gasteiger partial charge on any atom is -0.384 e. The molecule has 0 unspecified atom stereocenters. The van der Waals surface area contributed by atoms with Crippen molar-refractivity contribution in [1.82, 2.24) is 4.98 Å². The second-order valence-electron chi connectivity index (χ2n) is 4.35. The minimum absolute atomic E-state index is 0.121. The Morgan fingerprint density at radius 1 is 1.48 bits per heavy atom. The smallest absolute Gasteiger partial charge is 0.255 e. The number of anilines is 2. The Labute approximate surface area is 121 Å². The standard InChI is InChI=1S/C15H13FN4O/c1-2-10-6-9(7-14(18)19-10)15(21)20-13-5-3-4-12(16)11(13)8-17/h3-7H,2H2,1H3,(H2,18,19)(H,20,21). The van der Waals surface area contributed by atoms with Crippen LogP contribution in [0.1, 0.15) is 28.5 Å². The highest BCUT2D eigenvalue weighted by Gasteiger charge is 2.13. The lowest BCUT2D eigenvalue weighted by molar-refractivity contribution is 0.102. The van der Waals surface area contributed by atoms with E-state index in [-0.39, 0.29) is 17.1 Å². The molecule has 0 spiro atoms. The van der Waals surface area contributed by atoms with Gasteiger partial charge in [0, 0.05) is 11.3 Å². The van der Waals surface area contributed by atoms with Crippen molar-refractivity contribution in [3.8, 4) is 6.07 Å². The van der Waals surface area contributed by atoms with E-state index in [0.717, 1.165) is 6.07 Å². The summed E-state index contributed by atoms with van der Waals surface area (Å²) in [6.07, 6.45) is 0.634. The number of aryl methyl sites for hydroxylation is 1. The number of rotatable bonds is 3. The highest BCUT2D eigenvalue weighted by Crippen LogP contribution is 2.19. The van der Waals surface area contributed by atoms with Gasteiger partial charge in [-0.15, -0.1) is 0 Å². The number of pyridine rings is 1. The van der Waals surface area contributed by atoms with E-state index in [1.807, 2.05) is 6.92 Å². The summed E-state index contributed by atoms with van der Waals surface area (Å²) >= 11 is 0. The van der Waals surface area contributed by atoms with E-state index in [4.69, 9.17) is 11.0 Å². The molecule has 0 saturated heterocycles. The molecule has 0 radical (unpaired) electrons. The van der Waals surface area contributed by atoms with Gasteiger partial charge in [0.1, 0.15) is 23.3 Å². The Morgan fingerprint density at radius 3 is 2.90 bits per heavy atom. The summed E-state index contributed by atoms with van der Waals surface area (Å²) in [5.41, 5.74) is 6.55. The van der Waals surface area contributed by atoms with Crippen molar-refractivity contribution in [2.24, 2.45) is 0 Å². The van der Waals surface area contributed by atoms with Crippen molar-refractivity contribution in [2.75, 3.05) is 11.1 Å². The fourth-order valence-corrected chi connectivity index (χ4v) is 1.86. The Kier molecular flexibility index (Phi) is 4.14. The first kappa shape index (κ1) is 14.5. The number of nitriles is 1. The zero-order chi connectivity index (χ0) is 15.4. The molecule has 0 bridgehead atoms. The highest BCUT2D eigenvalue weighted by molar-refractivity contribution is 6.05. The quantitative estimate of drug-likeness (QED) is 0.905. The molecule has 3 N–H and O–H groups in total. The van der Waals surface area contributed by atoms with Crippen molar-refractivity contribution in [2.45, 2.75) is 13.3 Å². The molecule has 0 atom stereocenters. The van der Waals surface area contributed by atoms with Gasteiger partial charge in [0.2, 0.25) is 0 Å². The van der Waals surface area contributed by atoms with Gasteiger partial charge in [-0.3, -0.25) is 4.79 Å². The van der Waals surface area contributed by atoms with E-state index in [1.165, 1.54) is 18.2 Å². The third-order valence-corrected chi connectivity index (χ3v) is 2.90. The molecule has 5 nitrogen and oxygen atoms in total. The summed E-state index contributed by atoms with van der Waals surface area (Å²) < 4.78 is 13.5. The van der Waals surface area contributed by atoms with Gasteiger partial charge in [0.15, 0.2) is 0 Å². The number of carbonyl (C=O) groups excluding carboxylic acids is 1. The molecular formula is C15H13FN4O. The van der Waals surface area contributed by atoms with E-state index in [0.29, 0.717) is 17.7 Å². The first-order valence-corrected chi connectivity index (χ1v) is 6.31. The second kappa shape index (κ2) is 6.01. The zero-order valence-corrected chi connectivity index (χ0v) is 11.4. The van der Waals surface area contributed by atoms with Gasteiger partial charge >= 0.3 is 0 Å². The monoisotopic (exact) mass is 284 g/mol. The first-order valence-electron chi connectivity index (χ1n) is 6.31. The van der Waals surface area contributed by atoms with Crippen LogP contribution >= 0.6 is 0 Å². The molecule has 21 heavy (non-hydrogen) atoms. The molecule has 0 saturated carbocycles. The predicted molar refractivity (Wildman–Crippen MR) is 77.1 cm³/mol. The number of hydrogen-bond acceptors (Lipinski definition) is 4. The Hall–Kier alpha value is -2.94. The summed E-state index contributed by atoms with van der Waals surface area (Å²) in [5, 5.41) is 11.5. The fraction of sp³-hybridized carbons (Fsp3) is 0.133. The van der Waals surface area contributed by atoms with Gasteiger partial charge in [-0.1, -0.05) is 13.0 Å². The molecule has 106 valence electrons. The summed E-state index contributed by atoms with van der Waals surface area (Å²) in [5.74, 6) is -0.918. The predicted octanol–water partition coefficient (Wildman–Crippen LogP) is 2.49. The van der Waals surface area contributed by atoms with Gasteiger partial charge in [-0.2, -0.15) is 5.26 Å². The maximum atomic E-state index is 13.5. The number of nitrogen functional groups attached to an aromatic ring is 1. The van der Waals surface area contributed by atoms with Crippen LogP contribution in [-0.4, -0.2) is 10.9 Å². The number of nitrogens with zero attached hydrogens (tertiary/aromatic N) is 2. The third-order valence-electron chi connectivity index (χ3n) is 2.90. The molecule has 6 heteroatoms. The zero-order valence-electron chi connectivity index (χ0n) is 11.4. The Morgan fingerprint density at radius 2 is 2.24 bits per heavy atom. The fourth-order valence-electron chi connectivity index (χ4n) is 1.86. The first-order chi connectivity index (χ1) is 10.0. The van der Waals surface area contributed by atoms with Crippen LogP contribution in [0.2, 0.25) is 0 Å². The molecular weight excluding hydrogens is 271 g/mol. The van der Waals surface area contributed by atoms with Crippen LogP contribution in [0, 0.1) is 17.1 Å². The van der Waals surface area contributed by atoms with Crippen LogP contribution in [0.5, 0.6) is 0 Å². The van der Waals surface area contributed by atoms with Gasteiger partial charge in [0.05, 0.1) is 5.69 Å². The largest absolute Gasteiger partial charge is 0.384 e. The average Bonchev–Trinajstić information content (AvgIpc) is 2.46. The van der Waals surface area contributed by atoms with E-state index in [9.17, 15) is 9.18 Å². The van der Waals surface area contributed by atoms with Crippen molar-refractivity contribution in [1.29, 1.82) is 5.26 Å². The molecule has 0 aliphatic carbocycles. The molecule has 1 aromatic heterocycles. The van der Waals surface area contributed by atoms with Crippen LogP contribution in [0.15, 0.2) is 30.3 Å². The number of nitrogens with two attached hydrogens (primary N) is 1. The number of benzene rings is 1. The minimum atomic E-state index is -0.682. The van der Waals surface area contributed by atoms with Crippen LogP contribution in [0.25, 0.3) is 0 Å². The molecule has 1 aromatic carbocycles. The molecule has 0 fully saturated rings. The Bertz CT molecular complexity index is 737. The molecule has 1 amide bonds. The molecule has 0 aliphatic rings. The lowest BCUT2D eigenvalue weighted by Crippen LogP contribution is -2.14. The number of amides is 1. The van der Waals surface area contributed by atoms with E-state index >= 15 is 0 Å².